The van der Waals surface area contributed by atoms with Crippen molar-refractivity contribution in [1.29, 1.82) is 0 Å². The molecule has 1 aliphatic rings. The third-order valence-electron chi connectivity index (χ3n) is 3.22. The van der Waals surface area contributed by atoms with Crippen LogP contribution < -0.4 is 5.32 Å². The lowest BCUT2D eigenvalue weighted by molar-refractivity contribution is -0.157. The molecule has 0 aromatic heterocycles. The highest BCUT2D eigenvalue weighted by Crippen LogP contribution is 2.33. The van der Waals surface area contributed by atoms with Crippen LogP contribution in [0.4, 0.5) is 0 Å². The fourth-order valence-electron chi connectivity index (χ4n) is 2.30. The number of carbonyl (C=O) groups is 1. The van der Waals surface area contributed by atoms with Gasteiger partial charge in [0.2, 0.25) is 0 Å². The Labute approximate surface area is 109 Å². The van der Waals surface area contributed by atoms with Crippen LogP contribution in [0.25, 0.3) is 0 Å². The second-order valence-electron chi connectivity index (χ2n) is 6.01. The van der Waals surface area contributed by atoms with E-state index >= 15 is 0 Å². The standard InChI is InChI=1S/C15H21NO2/c1-14(2,3)18-13(17)9-15(10-16-11-15)12-7-5-4-6-8-12/h4-8,16H,9-11H2,1-3H3. The van der Waals surface area contributed by atoms with Crippen LogP contribution in [-0.2, 0) is 14.9 Å². The molecule has 0 amide bonds. The Balaban J connectivity index is 2.08. The van der Waals surface area contributed by atoms with E-state index in [1.165, 1.54) is 5.56 Å². The monoisotopic (exact) mass is 247 g/mol. The molecule has 18 heavy (non-hydrogen) atoms. The quantitative estimate of drug-likeness (QED) is 0.833. The summed E-state index contributed by atoms with van der Waals surface area (Å²) in [5.74, 6) is -0.118. The minimum atomic E-state index is -0.411. The molecular weight excluding hydrogens is 226 g/mol. The van der Waals surface area contributed by atoms with E-state index in [2.05, 4.69) is 17.4 Å². The Morgan fingerprint density at radius 3 is 2.33 bits per heavy atom. The second-order valence-corrected chi connectivity index (χ2v) is 6.01. The summed E-state index contributed by atoms with van der Waals surface area (Å²) in [4.78, 5) is 12.0. The molecule has 1 fully saturated rings. The van der Waals surface area contributed by atoms with Crippen LogP contribution in [0.3, 0.4) is 0 Å². The Morgan fingerprint density at radius 1 is 1.28 bits per heavy atom. The maximum atomic E-state index is 12.0. The van der Waals surface area contributed by atoms with Crippen LogP contribution in [0.1, 0.15) is 32.8 Å². The van der Waals surface area contributed by atoms with Crippen LogP contribution in [0, 0.1) is 0 Å². The van der Waals surface area contributed by atoms with Gasteiger partial charge in [-0.1, -0.05) is 30.3 Å². The van der Waals surface area contributed by atoms with Gasteiger partial charge in [-0.25, -0.2) is 0 Å². The number of ether oxygens (including phenoxy) is 1. The van der Waals surface area contributed by atoms with Crippen molar-refractivity contribution in [3.63, 3.8) is 0 Å². The fraction of sp³-hybridized carbons (Fsp3) is 0.533. The number of esters is 1. The molecule has 1 saturated heterocycles. The Morgan fingerprint density at radius 2 is 1.89 bits per heavy atom. The third kappa shape index (κ3) is 2.91. The second kappa shape index (κ2) is 4.73. The molecule has 0 unspecified atom stereocenters. The zero-order valence-electron chi connectivity index (χ0n) is 11.3. The number of carbonyl (C=O) groups excluding carboxylic acids is 1. The van der Waals surface area contributed by atoms with E-state index < -0.39 is 5.60 Å². The van der Waals surface area contributed by atoms with Crippen molar-refractivity contribution in [3.05, 3.63) is 35.9 Å². The van der Waals surface area contributed by atoms with Crippen LogP contribution in [-0.4, -0.2) is 24.7 Å². The largest absolute Gasteiger partial charge is 0.460 e. The van der Waals surface area contributed by atoms with E-state index in [0.29, 0.717) is 6.42 Å². The molecule has 1 N–H and O–H groups in total. The van der Waals surface area contributed by atoms with Crippen molar-refractivity contribution in [2.24, 2.45) is 0 Å². The van der Waals surface area contributed by atoms with Crippen molar-refractivity contribution >= 4 is 5.97 Å². The molecule has 1 aromatic rings. The molecule has 1 aromatic carbocycles. The van der Waals surface area contributed by atoms with Gasteiger partial charge in [-0.2, -0.15) is 0 Å². The SMILES string of the molecule is CC(C)(C)OC(=O)CC1(c2ccccc2)CNC1. The molecule has 0 bridgehead atoms. The van der Waals surface area contributed by atoms with Gasteiger partial charge in [0, 0.05) is 18.5 Å². The van der Waals surface area contributed by atoms with Gasteiger partial charge < -0.3 is 10.1 Å². The van der Waals surface area contributed by atoms with E-state index in [1.807, 2.05) is 39.0 Å². The van der Waals surface area contributed by atoms with Crippen molar-refractivity contribution in [2.45, 2.75) is 38.2 Å². The van der Waals surface area contributed by atoms with Gasteiger partial charge in [0.15, 0.2) is 0 Å². The summed E-state index contributed by atoms with van der Waals surface area (Å²) in [6.45, 7) is 7.39. The molecule has 3 heteroatoms. The summed E-state index contributed by atoms with van der Waals surface area (Å²) in [5.41, 5.74) is 0.727. The zero-order chi connectivity index (χ0) is 13.2. The molecule has 1 heterocycles. The lowest BCUT2D eigenvalue weighted by Crippen LogP contribution is -2.58. The van der Waals surface area contributed by atoms with Crippen LogP contribution in [0.5, 0.6) is 0 Å². The number of hydrogen-bond acceptors (Lipinski definition) is 3. The Hall–Kier alpha value is -1.35. The maximum absolute atomic E-state index is 12.0. The highest BCUT2D eigenvalue weighted by Gasteiger charge is 2.41. The van der Waals surface area contributed by atoms with Crippen molar-refractivity contribution < 1.29 is 9.53 Å². The minimum absolute atomic E-state index is 0.0798. The lowest BCUT2D eigenvalue weighted by Gasteiger charge is -2.43. The maximum Gasteiger partial charge on any atom is 0.307 e. The van der Waals surface area contributed by atoms with Crippen LogP contribution in [0.2, 0.25) is 0 Å². The third-order valence-corrected chi connectivity index (χ3v) is 3.22. The van der Waals surface area contributed by atoms with Crippen LogP contribution in [0.15, 0.2) is 30.3 Å². The molecule has 3 nitrogen and oxygen atoms in total. The lowest BCUT2D eigenvalue weighted by atomic mass is 9.72. The van der Waals surface area contributed by atoms with E-state index in [4.69, 9.17) is 4.74 Å². The van der Waals surface area contributed by atoms with E-state index in [1.54, 1.807) is 0 Å². The molecule has 0 atom stereocenters. The average Bonchev–Trinajstić information content (AvgIpc) is 2.22. The zero-order valence-corrected chi connectivity index (χ0v) is 11.3. The van der Waals surface area contributed by atoms with Gasteiger partial charge >= 0.3 is 5.97 Å². The topological polar surface area (TPSA) is 38.3 Å². The molecular formula is C15H21NO2. The summed E-state index contributed by atoms with van der Waals surface area (Å²) in [5, 5.41) is 3.26. The van der Waals surface area contributed by atoms with Gasteiger partial charge in [-0.3, -0.25) is 4.79 Å². The summed E-state index contributed by atoms with van der Waals surface area (Å²) in [7, 11) is 0. The highest BCUT2D eigenvalue weighted by atomic mass is 16.6. The first-order valence-corrected chi connectivity index (χ1v) is 6.39. The highest BCUT2D eigenvalue weighted by molar-refractivity contribution is 5.72. The minimum Gasteiger partial charge on any atom is -0.460 e. The Bertz CT molecular complexity index is 416. The van der Waals surface area contributed by atoms with Gasteiger partial charge in [0.25, 0.3) is 0 Å². The summed E-state index contributed by atoms with van der Waals surface area (Å²) < 4.78 is 5.42. The molecule has 0 aliphatic carbocycles. The molecule has 0 saturated carbocycles. The van der Waals surface area contributed by atoms with E-state index in [9.17, 15) is 4.79 Å². The Kier molecular flexibility index (Phi) is 3.44. The molecule has 0 radical (unpaired) electrons. The smallest absolute Gasteiger partial charge is 0.307 e. The number of hydrogen-bond donors (Lipinski definition) is 1. The van der Waals surface area contributed by atoms with Crippen molar-refractivity contribution in [3.8, 4) is 0 Å². The van der Waals surface area contributed by atoms with Gasteiger partial charge in [-0.05, 0) is 26.3 Å². The number of nitrogens with one attached hydrogen (secondary N) is 1. The van der Waals surface area contributed by atoms with E-state index in [0.717, 1.165) is 13.1 Å². The molecule has 2 rings (SSSR count). The normalized spacial score (nSPS) is 17.9. The number of benzene rings is 1. The molecule has 98 valence electrons. The summed E-state index contributed by atoms with van der Waals surface area (Å²) >= 11 is 0. The van der Waals surface area contributed by atoms with Gasteiger partial charge in [-0.15, -0.1) is 0 Å². The summed E-state index contributed by atoms with van der Waals surface area (Å²) in [6, 6.07) is 10.2. The van der Waals surface area contributed by atoms with E-state index in [-0.39, 0.29) is 11.4 Å². The molecule has 0 spiro atoms. The fourth-order valence-corrected chi connectivity index (χ4v) is 2.30. The van der Waals surface area contributed by atoms with Crippen molar-refractivity contribution in [1.82, 2.24) is 5.32 Å². The summed E-state index contributed by atoms with van der Waals surface area (Å²) in [6.07, 6.45) is 0.446. The van der Waals surface area contributed by atoms with Crippen molar-refractivity contribution in [2.75, 3.05) is 13.1 Å². The predicted octanol–water partition coefficient (Wildman–Crippen LogP) is 2.26. The predicted molar refractivity (Wildman–Crippen MR) is 71.5 cm³/mol. The first-order chi connectivity index (χ1) is 8.41. The average molecular weight is 247 g/mol. The first kappa shape index (κ1) is 13.1. The molecule has 1 aliphatic heterocycles. The van der Waals surface area contributed by atoms with Gasteiger partial charge in [0.1, 0.15) is 5.60 Å². The van der Waals surface area contributed by atoms with Crippen LogP contribution >= 0.6 is 0 Å². The number of rotatable bonds is 3. The van der Waals surface area contributed by atoms with Gasteiger partial charge in [0.05, 0.1) is 6.42 Å². The first-order valence-electron chi connectivity index (χ1n) is 6.39.